The van der Waals surface area contributed by atoms with Gasteiger partial charge in [-0.1, -0.05) is 36.4 Å². The maximum Gasteiger partial charge on any atom is 0.261 e. The molecular formula is C22H19N5O. The minimum Gasteiger partial charge on any atom is -0.322 e. The van der Waals surface area contributed by atoms with Gasteiger partial charge < -0.3 is 10.2 Å². The monoisotopic (exact) mass is 369 g/mol. The molecule has 0 atom stereocenters. The van der Waals surface area contributed by atoms with Crippen LogP contribution in [0.3, 0.4) is 0 Å². The molecule has 0 radical (unpaired) electrons. The lowest BCUT2D eigenvalue weighted by Crippen LogP contribution is -2.30. The van der Waals surface area contributed by atoms with Crippen LogP contribution in [-0.2, 0) is 0 Å². The fourth-order valence-electron chi connectivity index (χ4n) is 3.04. The van der Waals surface area contributed by atoms with Crippen molar-refractivity contribution >= 4 is 34.1 Å². The molecule has 4 aromatic rings. The number of carbonyl (C=O) groups excluding carboxylic acids is 1. The lowest BCUT2D eigenvalue weighted by atomic mass is 10.2. The zero-order valence-corrected chi connectivity index (χ0v) is 15.4. The summed E-state index contributed by atoms with van der Waals surface area (Å²) in [5, 5.41) is 4.21. The second-order valence-corrected chi connectivity index (χ2v) is 6.19. The van der Waals surface area contributed by atoms with E-state index < -0.39 is 0 Å². The van der Waals surface area contributed by atoms with E-state index in [9.17, 15) is 4.79 Å². The number of rotatable bonds is 5. The average Bonchev–Trinajstić information content (AvgIpc) is 2.76. The molecule has 0 fully saturated rings. The van der Waals surface area contributed by atoms with Crippen molar-refractivity contribution in [2.45, 2.75) is 6.92 Å². The average molecular weight is 369 g/mol. The molecule has 2 aromatic carbocycles. The Kier molecular flexibility index (Phi) is 4.93. The fraction of sp³-hybridized carbons (Fsp3) is 0.0909. The summed E-state index contributed by atoms with van der Waals surface area (Å²) in [6.07, 6.45) is 4.84. The second kappa shape index (κ2) is 7.84. The van der Waals surface area contributed by atoms with Gasteiger partial charge in [0, 0.05) is 36.2 Å². The summed E-state index contributed by atoms with van der Waals surface area (Å²) in [6.45, 7) is 2.50. The highest BCUT2D eigenvalue weighted by atomic mass is 16.2. The summed E-state index contributed by atoms with van der Waals surface area (Å²) in [6, 6.07) is 19.3. The highest BCUT2D eigenvalue weighted by Crippen LogP contribution is 2.23. The molecule has 2 aromatic heterocycles. The summed E-state index contributed by atoms with van der Waals surface area (Å²) in [5.74, 6) is 0.282. The molecule has 6 nitrogen and oxygen atoms in total. The third kappa shape index (κ3) is 3.53. The van der Waals surface area contributed by atoms with E-state index in [4.69, 9.17) is 0 Å². The molecule has 4 rings (SSSR count). The smallest absolute Gasteiger partial charge is 0.261 e. The van der Waals surface area contributed by atoms with Crippen molar-refractivity contribution in [2.24, 2.45) is 0 Å². The van der Waals surface area contributed by atoms with Gasteiger partial charge in [0.25, 0.3) is 5.91 Å². The Bertz CT molecular complexity index is 1090. The lowest BCUT2D eigenvalue weighted by molar-refractivity contribution is 0.0987. The molecule has 0 saturated carbocycles. The summed E-state index contributed by atoms with van der Waals surface area (Å²) < 4.78 is 0. The summed E-state index contributed by atoms with van der Waals surface area (Å²) >= 11 is 0. The molecule has 28 heavy (non-hydrogen) atoms. The van der Waals surface area contributed by atoms with Crippen LogP contribution in [0, 0.1) is 0 Å². The van der Waals surface area contributed by atoms with Crippen LogP contribution in [0.25, 0.3) is 10.9 Å². The number of hydrogen-bond acceptors (Lipinski definition) is 5. The first-order chi connectivity index (χ1) is 13.8. The van der Waals surface area contributed by atoms with Crippen molar-refractivity contribution in [3.05, 3.63) is 84.8 Å². The minimum absolute atomic E-state index is 0.132. The molecule has 0 aliphatic rings. The van der Waals surface area contributed by atoms with Crippen LogP contribution in [0.1, 0.15) is 17.3 Å². The van der Waals surface area contributed by atoms with Crippen LogP contribution < -0.4 is 10.2 Å². The number of aromatic nitrogens is 3. The molecule has 1 amide bonds. The van der Waals surface area contributed by atoms with Crippen LogP contribution in [0.15, 0.2) is 79.3 Å². The zero-order chi connectivity index (χ0) is 19.3. The molecule has 138 valence electrons. The standard InChI is InChI=1S/C22H19N5O/c1-2-27(18-10-4-3-5-11-18)21(28)17-14-24-22(25-15-17)26-19-12-6-8-16-9-7-13-23-20(16)19/h3-15H,2H2,1H3,(H,24,25,26). The zero-order valence-electron chi connectivity index (χ0n) is 15.4. The number of nitrogens with zero attached hydrogens (tertiary/aromatic N) is 4. The maximum atomic E-state index is 12.8. The van der Waals surface area contributed by atoms with Gasteiger partial charge in [0.15, 0.2) is 0 Å². The largest absolute Gasteiger partial charge is 0.322 e. The van der Waals surface area contributed by atoms with Crippen molar-refractivity contribution in [1.29, 1.82) is 0 Å². The van der Waals surface area contributed by atoms with Crippen molar-refractivity contribution < 1.29 is 4.79 Å². The highest BCUT2D eigenvalue weighted by molar-refractivity contribution is 6.05. The van der Waals surface area contributed by atoms with E-state index in [1.165, 1.54) is 0 Å². The van der Waals surface area contributed by atoms with Gasteiger partial charge in [0.2, 0.25) is 5.95 Å². The molecular weight excluding hydrogens is 350 g/mol. The maximum absolute atomic E-state index is 12.8. The number of benzene rings is 2. The quantitative estimate of drug-likeness (QED) is 0.563. The molecule has 0 aliphatic heterocycles. The van der Waals surface area contributed by atoms with E-state index in [0.29, 0.717) is 18.1 Å². The number of para-hydroxylation sites is 2. The first kappa shape index (κ1) is 17.6. The van der Waals surface area contributed by atoms with E-state index in [-0.39, 0.29) is 5.91 Å². The molecule has 0 aliphatic carbocycles. The van der Waals surface area contributed by atoms with Gasteiger partial charge in [-0.15, -0.1) is 0 Å². The third-order valence-electron chi connectivity index (χ3n) is 4.41. The van der Waals surface area contributed by atoms with Gasteiger partial charge in [0.1, 0.15) is 0 Å². The summed E-state index contributed by atoms with van der Waals surface area (Å²) in [5.41, 5.74) is 2.94. The molecule has 0 saturated heterocycles. The van der Waals surface area contributed by atoms with E-state index in [1.807, 2.05) is 67.6 Å². The highest BCUT2D eigenvalue weighted by Gasteiger charge is 2.17. The van der Waals surface area contributed by atoms with Crippen molar-refractivity contribution in [3.63, 3.8) is 0 Å². The van der Waals surface area contributed by atoms with Crippen molar-refractivity contribution in [2.75, 3.05) is 16.8 Å². The fourth-order valence-corrected chi connectivity index (χ4v) is 3.04. The Hall–Kier alpha value is -3.80. The number of amides is 1. The Morgan fingerprint density at radius 1 is 0.929 bits per heavy atom. The van der Waals surface area contributed by atoms with Crippen LogP contribution in [0.2, 0.25) is 0 Å². The Morgan fingerprint density at radius 3 is 2.43 bits per heavy atom. The van der Waals surface area contributed by atoms with Crippen LogP contribution in [-0.4, -0.2) is 27.4 Å². The van der Waals surface area contributed by atoms with E-state index >= 15 is 0 Å². The minimum atomic E-state index is -0.132. The number of pyridine rings is 1. The summed E-state index contributed by atoms with van der Waals surface area (Å²) in [7, 11) is 0. The van der Waals surface area contributed by atoms with Crippen LogP contribution in [0.5, 0.6) is 0 Å². The van der Waals surface area contributed by atoms with E-state index in [2.05, 4.69) is 20.3 Å². The first-order valence-corrected chi connectivity index (χ1v) is 9.06. The van der Waals surface area contributed by atoms with Crippen LogP contribution in [0.4, 0.5) is 17.3 Å². The summed E-state index contributed by atoms with van der Waals surface area (Å²) in [4.78, 5) is 27.6. The molecule has 0 unspecified atom stereocenters. The molecule has 6 heteroatoms. The number of nitrogens with one attached hydrogen (secondary N) is 1. The van der Waals surface area contributed by atoms with Gasteiger partial charge in [-0.3, -0.25) is 9.78 Å². The van der Waals surface area contributed by atoms with Crippen LogP contribution >= 0.6 is 0 Å². The van der Waals surface area contributed by atoms with E-state index in [0.717, 1.165) is 22.3 Å². The lowest BCUT2D eigenvalue weighted by Gasteiger charge is -2.20. The SMILES string of the molecule is CCN(C(=O)c1cnc(Nc2cccc3cccnc23)nc1)c1ccccc1. The van der Waals surface area contributed by atoms with Gasteiger partial charge in [-0.25, -0.2) is 9.97 Å². The van der Waals surface area contributed by atoms with Gasteiger partial charge >= 0.3 is 0 Å². The molecule has 0 bridgehead atoms. The van der Waals surface area contributed by atoms with Gasteiger partial charge in [0.05, 0.1) is 16.8 Å². The number of carbonyl (C=O) groups is 1. The number of anilines is 3. The van der Waals surface area contributed by atoms with E-state index in [1.54, 1.807) is 23.5 Å². The topological polar surface area (TPSA) is 71.0 Å². The number of hydrogen-bond donors (Lipinski definition) is 1. The number of fused-ring (bicyclic) bond motifs is 1. The van der Waals surface area contributed by atoms with Gasteiger partial charge in [-0.05, 0) is 31.2 Å². The molecule has 0 spiro atoms. The van der Waals surface area contributed by atoms with Crippen molar-refractivity contribution in [1.82, 2.24) is 15.0 Å². The second-order valence-electron chi connectivity index (χ2n) is 6.19. The Balaban J connectivity index is 1.56. The normalized spacial score (nSPS) is 10.6. The first-order valence-electron chi connectivity index (χ1n) is 9.06. The van der Waals surface area contributed by atoms with Gasteiger partial charge in [-0.2, -0.15) is 0 Å². The Labute approximate surface area is 162 Å². The Morgan fingerprint density at radius 2 is 1.68 bits per heavy atom. The molecule has 1 N–H and O–H groups in total. The predicted octanol–water partition coefficient (Wildman–Crippen LogP) is 4.44. The predicted molar refractivity (Wildman–Crippen MR) is 111 cm³/mol. The molecule has 2 heterocycles. The third-order valence-corrected chi connectivity index (χ3v) is 4.41. The van der Waals surface area contributed by atoms with Crippen molar-refractivity contribution in [3.8, 4) is 0 Å².